The van der Waals surface area contributed by atoms with Crippen molar-refractivity contribution in [2.45, 2.75) is 77.5 Å². The van der Waals surface area contributed by atoms with Crippen LogP contribution in [-0.2, 0) is 16.1 Å². The minimum Gasteiger partial charge on any atom is -0.480 e. The maximum absolute atomic E-state index is 14.8. The summed E-state index contributed by atoms with van der Waals surface area (Å²) in [4.78, 5) is 28.6. The Bertz CT molecular complexity index is 1160. The zero-order valence-electron chi connectivity index (χ0n) is 21.8. The van der Waals surface area contributed by atoms with Crippen molar-refractivity contribution in [1.29, 1.82) is 5.26 Å². The molecule has 0 aromatic heterocycles. The van der Waals surface area contributed by atoms with Crippen LogP contribution in [0.3, 0.4) is 0 Å². The highest BCUT2D eigenvalue weighted by atomic mass is 19.1. The summed E-state index contributed by atoms with van der Waals surface area (Å²) in [5.74, 6) is -2.21. The highest BCUT2D eigenvalue weighted by molar-refractivity contribution is 5.87. The maximum Gasteiger partial charge on any atom is 0.326 e. The number of nitrogens with zero attached hydrogens (tertiary/aromatic N) is 2. The van der Waals surface area contributed by atoms with Crippen molar-refractivity contribution in [3.8, 4) is 6.07 Å². The van der Waals surface area contributed by atoms with Crippen LogP contribution in [0.1, 0.15) is 75.6 Å². The Hall–Kier alpha value is -3.24. The lowest BCUT2D eigenvalue weighted by Crippen LogP contribution is -2.49. The molecule has 2 aromatic carbocycles. The molecule has 7 heteroatoms. The van der Waals surface area contributed by atoms with E-state index in [-0.39, 0.29) is 23.9 Å². The minimum absolute atomic E-state index is 0.0935. The second-order valence-corrected chi connectivity index (χ2v) is 11.4. The third kappa shape index (κ3) is 5.55. The first-order chi connectivity index (χ1) is 17.6. The molecule has 0 bridgehead atoms. The first kappa shape index (κ1) is 26.8. The number of hydrogen-bond donors (Lipinski definition) is 2. The number of amides is 1. The van der Waals surface area contributed by atoms with Gasteiger partial charge in [-0.3, -0.25) is 4.79 Å². The Kier molecular flexibility index (Phi) is 7.99. The highest BCUT2D eigenvalue weighted by Gasteiger charge is 2.58. The van der Waals surface area contributed by atoms with Crippen LogP contribution in [-0.4, -0.2) is 34.0 Å². The van der Waals surface area contributed by atoms with Crippen LogP contribution in [0.25, 0.3) is 0 Å². The van der Waals surface area contributed by atoms with E-state index in [1.165, 1.54) is 6.07 Å². The van der Waals surface area contributed by atoms with Crippen molar-refractivity contribution < 1.29 is 19.1 Å². The fourth-order valence-electron chi connectivity index (χ4n) is 6.28. The number of likely N-dealkylation sites (tertiary alicyclic amines) is 1. The number of rotatable bonds is 6. The van der Waals surface area contributed by atoms with Crippen LogP contribution >= 0.6 is 0 Å². The van der Waals surface area contributed by atoms with E-state index in [1.54, 1.807) is 17.0 Å². The molecule has 0 unspecified atom stereocenters. The third-order valence-corrected chi connectivity index (χ3v) is 7.98. The summed E-state index contributed by atoms with van der Waals surface area (Å²) in [5, 5.41) is 23.1. The molecular formula is C30H36FN3O3. The molecular weight excluding hydrogens is 469 g/mol. The number of benzene rings is 2. The van der Waals surface area contributed by atoms with Gasteiger partial charge in [-0.2, -0.15) is 5.26 Å². The quantitative estimate of drug-likeness (QED) is 0.546. The van der Waals surface area contributed by atoms with E-state index in [9.17, 15) is 19.1 Å². The second-order valence-electron chi connectivity index (χ2n) is 11.4. The van der Waals surface area contributed by atoms with Gasteiger partial charge in [0.05, 0.1) is 17.7 Å². The standard InChI is InChI=1S/C30H36FN3O3/c1-30(2,3)24-25(33-18-22-15-14-19(17-32)16-23(22)31)26(20-10-6-4-7-11-20)34(27(24)29(36)37)28(35)21-12-8-5-9-13-21/h4,6-7,10-11,14-16,21,24-27,33H,5,8-9,12-13,18H2,1-3H3,(H,36,37)/t24-,25-,26-,27-/m0/s1. The Morgan fingerprint density at radius 2 is 1.78 bits per heavy atom. The van der Waals surface area contributed by atoms with Crippen LogP contribution < -0.4 is 5.32 Å². The van der Waals surface area contributed by atoms with E-state index >= 15 is 0 Å². The molecule has 0 radical (unpaired) electrons. The molecule has 1 aliphatic heterocycles. The Balaban J connectivity index is 1.79. The molecule has 196 valence electrons. The summed E-state index contributed by atoms with van der Waals surface area (Å²) < 4.78 is 14.8. The Morgan fingerprint density at radius 1 is 1.11 bits per heavy atom. The van der Waals surface area contributed by atoms with Crippen LogP contribution in [0, 0.1) is 34.4 Å². The predicted molar refractivity (Wildman–Crippen MR) is 139 cm³/mol. The minimum atomic E-state index is -1.01. The van der Waals surface area contributed by atoms with E-state index in [1.807, 2.05) is 57.2 Å². The molecule has 6 nitrogen and oxygen atoms in total. The molecule has 1 amide bonds. The van der Waals surface area contributed by atoms with E-state index < -0.39 is 41.2 Å². The van der Waals surface area contributed by atoms with Gasteiger partial charge in [-0.05, 0) is 36.0 Å². The van der Waals surface area contributed by atoms with Gasteiger partial charge in [0, 0.05) is 30.0 Å². The van der Waals surface area contributed by atoms with Crippen LogP contribution in [0.15, 0.2) is 48.5 Å². The average molecular weight is 506 g/mol. The van der Waals surface area contributed by atoms with Gasteiger partial charge in [0.15, 0.2) is 0 Å². The molecule has 1 aliphatic carbocycles. The van der Waals surface area contributed by atoms with Crippen LogP contribution in [0.5, 0.6) is 0 Å². The molecule has 4 atom stereocenters. The molecule has 0 spiro atoms. The summed E-state index contributed by atoms with van der Waals surface area (Å²) in [6.07, 6.45) is 4.59. The number of aliphatic carboxylic acids is 1. The third-order valence-electron chi connectivity index (χ3n) is 7.98. The molecule has 2 N–H and O–H groups in total. The van der Waals surface area contributed by atoms with Gasteiger partial charge >= 0.3 is 5.97 Å². The number of nitrogens with one attached hydrogen (secondary N) is 1. The van der Waals surface area contributed by atoms with Gasteiger partial charge < -0.3 is 15.3 Å². The molecule has 2 aromatic rings. The van der Waals surface area contributed by atoms with Gasteiger partial charge in [0.1, 0.15) is 11.9 Å². The molecule has 1 saturated heterocycles. The maximum atomic E-state index is 14.8. The van der Waals surface area contributed by atoms with Crippen molar-refractivity contribution in [1.82, 2.24) is 10.2 Å². The first-order valence-corrected chi connectivity index (χ1v) is 13.2. The van der Waals surface area contributed by atoms with E-state index in [2.05, 4.69) is 5.32 Å². The van der Waals surface area contributed by atoms with Crippen molar-refractivity contribution in [2.24, 2.45) is 17.3 Å². The van der Waals surface area contributed by atoms with Crippen molar-refractivity contribution >= 4 is 11.9 Å². The monoisotopic (exact) mass is 505 g/mol. The fraction of sp³-hybridized carbons (Fsp3) is 0.500. The van der Waals surface area contributed by atoms with Crippen LogP contribution in [0.4, 0.5) is 4.39 Å². The first-order valence-electron chi connectivity index (χ1n) is 13.2. The molecule has 37 heavy (non-hydrogen) atoms. The number of carbonyl (C=O) groups excluding carboxylic acids is 1. The molecule has 2 aliphatic rings. The largest absolute Gasteiger partial charge is 0.480 e. The molecule has 1 heterocycles. The summed E-state index contributed by atoms with van der Waals surface area (Å²) in [5.41, 5.74) is 1.04. The molecule has 2 fully saturated rings. The van der Waals surface area contributed by atoms with Crippen molar-refractivity contribution in [3.05, 3.63) is 71.0 Å². The fourth-order valence-corrected chi connectivity index (χ4v) is 6.28. The van der Waals surface area contributed by atoms with Gasteiger partial charge in [-0.1, -0.05) is 76.4 Å². The van der Waals surface area contributed by atoms with Gasteiger partial charge in [0.2, 0.25) is 5.91 Å². The number of hydrogen-bond acceptors (Lipinski definition) is 4. The van der Waals surface area contributed by atoms with E-state index in [0.717, 1.165) is 37.7 Å². The summed E-state index contributed by atoms with van der Waals surface area (Å²) in [7, 11) is 0. The highest BCUT2D eigenvalue weighted by Crippen LogP contribution is 2.49. The molecule has 4 rings (SSSR count). The average Bonchev–Trinajstić information content (AvgIpc) is 3.24. The van der Waals surface area contributed by atoms with Crippen LogP contribution in [0.2, 0.25) is 0 Å². The van der Waals surface area contributed by atoms with E-state index in [4.69, 9.17) is 5.26 Å². The number of nitriles is 1. The number of carbonyl (C=O) groups is 2. The normalized spacial score (nSPS) is 24.6. The predicted octanol–water partition coefficient (Wildman–Crippen LogP) is 5.43. The lowest BCUT2D eigenvalue weighted by molar-refractivity contribution is -0.154. The number of carboxylic acid groups (broad SMARTS) is 1. The second kappa shape index (κ2) is 11.0. The smallest absolute Gasteiger partial charge is 0.326 e. The summed E-state index contributed by atoms with van der Waals surface area (Å²) in [6, 6.07) is 13.9. The number of carboxylic acids is 1. The van der Waals surface area contributed by atoms with Gasteiger partial charge in [0.25, 0.3) is 0 Å². The van der Waals surface area contributed by atoms with Crippen molar-refractivity contribution in [2.75, 3.05) is 0 Å². The van der Waals surface area contributed by atoms with Gasteiger partial charge in [-0.15, -0.1) is 0 Å². The molecule has 1 saturated carbocycles. The lowest BCUT2D eigenvalue weighted by Gasteiger charge is -2.36. The van der Waals surface area contributed by atoms with E-state index in [0.29, 0.717) is 5.56 Å². The zero-order valence-corrected chi connectivity index (χ0v) is 21.8. The summed E-state index contributed by atoms with van der Waals surface area (Å²) in [6.45, 7) is 6.15. The zero-order chi connectivity index (χ0) is 26.7. The number of halogens is 1. The SMILES string of the molecule is CC(C)(C)[C@H]1[C@H](NCc2ccc(C#N)cc2F)[C@H](c2ccccc2)N(C(=O)C2CCCCC2)[C@@H]1C(=O)O. The Morgan fingerprint density at radius 3 is 2.35 bits per heavy atom. The van der Waals surface area contributed by atoms with Gasteiger partial charge in [-0.25, -0.2) is 9.18 Å². The lowest BCUT2D eigenvalue weighted by atomic mass is 9.72. The van der Waals surface area contributed by atoms with Crippen molar-refractivity contribution in [3.63, 3.8) is 0 Å². The summed E-state index contributed by atoms with van der Waals surface area (Å²) >= 11 is 0. The topological polar surface area (TPSA) is 93.4 Å². The Labute approximate surface area is 218 Å².